The van der Waals surface area contributed by atoms with Crippen molar-refractivity contribution in [3.05, 3.63) is 83.6 Å². The fourth-order valence-electron chi connectivity index (χ4n) is 4.17. The van der Waals surface area contributed by atoms with Gasteiger partial charge in [-0.15, -0.1) is 0 Å². The molecule has 4 aromatic rings. The van der Waals surface area contributed by atoms with E-state index in [2.05, 4.69) is 20.5 Å². The molecule has 1 saturated heterocycles. The number of likely N-dealkylation sites (tertiary alicyclic amines) is 1. The number of carbonyl (C=O) groups is 2. The van der Waals surface area contributed by atoms with Gasteiger partial charge in [0.2, 0.25) is 0 Å². The maximum Gasteiger partial charge on any atom is 0.276 e. The molecule has 1 fully saturated rings. The number of fused-ring (bicyclic) bond motifs is 1. The molecule has 8 heteroatoms. The molecule has 162 valence electrons. The number of aromatic amines is 2. The number of para-hydroxylation sites is 1. The lowest BCUT2D eigenvalue weighted by molar-refractivity contribution is 0.0712. The Morgan fingerprint density at radius 2 is 1.88 bits per heavy atom. The first-order chi connectivity index (χ1) is 15.6. The van der Waals surface area contributed by atoms with E-state index in [9.17, 15) is 14.0 Å². The zero-order valence-electron chi connectivity index (χ0n) is 17.3. The summed E-state index contributed by atoms with van der Waals surface area (Å²) in [5.41, 5.74) is 2.87. The van der Waals surface area contributed by atoms with Crippen LogP contribution in [0.1, 0.15) is 45.3 Å². The number of benzene rings is 2. The van der Waals surface area contributed by atoms with Crippen molar-refractivity contribution in [1.82, 2.24) is 20.1 Å². The van der Waals surface area contributed by atoms with Gasteiger partial charge in [-0.05, 0) is 55.3 Å². The molecule has 7 nitrogen and oxygen atoms in total. The number of anilines is 1. The van der Waals surface area contributed by atoms with Crippen LogP contribution in [0.15, 0.2) is 60.8 Å². The molecule has 0 saturated carbocycles. The Kier molecular flexibility index (Phi) is 5.18. The van der Waals surface area contributed by atoms with Crippen LogP contribution in [0.2, 0.25) is 0 Å². The largest absolute Gasteiger partial charge is 0.361 e. The molecule has 32 heavy (non-hydrogen) atoms. The summed E-state index contributed by atoms with van der Waals surface area (Å²) in [6, 6.07) is 15.4. The van der Waals surface area contributed by atoms with E-state index < -0.39 is 11.7 Å². The number of carbonyl (C=O) groups excluding carboxylic acids is 2. The van der Waals surface area contributed by atoms with Gasteiger partial charge in [0.1, 0.15) is 5.82 Å². The van der Waals surface area contributed by atoms with Gasteiger partial charge < -0.3 is 15.2 Å². The number of aromatic nitrogens is 3. The Hall–Kier alpha value is -3.94. The highest BCUT2D eigenvalue weighted by molar-refractivity contribution is 6.03. The summed E-state index contributed by atoms with van der Waals surface area (Å²) in [6.07, 6.45) is 3.41. The smallest absolute Gasteiger partial charge is 0.276 e. The van der Waals surface area contributed by atoms with Crippen LogP contribution < -0.4 is 5.32 Å². The van der Waals surface area contributed by atoms with Gasteiger partial charge in [-0.25, -0.2) is 4.39 Å². The molecule has 2 amide bonds. The zero-order chi connectivity index (χ0) is 22.1. The minimum Gasteiger partial charge on any atom is -0.361 e. The number of H-pyrrole nitrogens is 2. The second-order valence-corrected chi connectivity index (χ2v) is 7.99. The highest BCUT2D eigenvalue weighted by Crippen LogP contribution is 2.28. The van der Waals surface area contributed by atoms with Crippen LogP contribution in [0.3, 0.4) is 0 Å². The fraction of sp³-hybridized carbons (Fsp3) is 0.208. The molecule has 0 aliphatic carbocycles. The van der Waals surface area contributed by atoms with E-state index in [0.717, 1.165) is 29.4 Å². The predicted octanol–water partition coefficient (Wildman–Crippen LogP) is 4.30. The average molecular weight is 431 g/mol. The summed E-state index contributed by atoms with van der Waals surface area (Å²) in [4.78, 5) is 30.3. The monoisotopic (exact) mass is 431 g/mol. The number of piperidine rings is 1. The lowest BCUT2D eigenvalue weighted by Crippen LogP contribution is -2.38. The van der Waals surface area contributed by atoms with Crippen molar-refractivity contribution in [2.45, 2.75) is 18.8 Å². The summed E-state index contributed by atoms with van der Waals surface area (Å²) in [6.45, 7) is 1.26. The van der Waals surface area contributed by atoms with Crippen molar-refractivity contribution in [1.29, 1.82) is 0 Å². The van der Waals surface area contributed by atoms with E-state index in [-0.39, 0.29) is 23.2 Å². The third kappa shape index (κ3) is 3.87. The minimum atomic E-state index is -0.496. The molecular formula is C24H22FN5O2. The average Bonchev–Trinajstić information content (AvgIpc) is 3.50. The van der Waals surface area contributed by atoms with Gasteiger partial charge in [0, 0.05) is 47.4 Å². The van der Waals surface area contributed by atoms with Gasteiger partial charge in [0.15, 0.2) is 5.69 Å². The Balaban J connectivity index is 1.21. The minimum absolute atomic E-state index is 0.0288. The topological polar surface area (TPSA) is 93.9 Å². The molecule has 0 unspecified atom stereocenters. The molecule has 0 spiro atoms. The molecule has 1 aliphatic heterocycles. The van der Waals surface area contributed by atoms with Crippen molar-refractivity contribution < 1.29 is 14.0 Å². The third-order valence-electron chi connectivity index (χ3n) is 5.97. The SMILES string of the molecule is O=C(Nc1ccccc1F)c1cc(C2CCN(C(=O)c3ccc4[nH]ccc4c3)CC2)[nH]n1. The molecular weight excluding hydrogens is 409 g/mol. The standard InChI is InChI=1S/C24H22FN5O2/c25-18-3-1-2-4-20(18)27-23(31)22-14-21(28-29-22)15-8-11-30(12-9-15)24(32)17-5-6-19-16(13-17)7-10-26-19/h1-7,10,13-15,26H,8-9,11-12H2,(H,27,31)(H,28,29). The summed E-state index contributed by atoms with van der Waals surface area (Å²) in [7, 11) is 0. The number of nitrogens with zero attached hydrogens (tertiary/aromatic N) is 2. The molecule has 5 rings (SSSR count). The fourth-order valence-corrected chi connectivity index (χ4v) is 4.17. The number of hydrogen-bond acceptors (Lipinski definition) is 3. The first-order valence-electron chi connectivity index (χ1n) is 10.6. The third-order valence-corrected chi connectivity index (χ3v) is 5.97. The summed E-state index contributed by atoms with van der Waals surface area (Å²) in [5, 5.41) is 10.6. The van der Waals surface area contributed by atoms with Crippen LogP contribution in [0.25, 0.3) is 10.9 Å². The first-order valence-corrected chi connectivity index (χ1v) is 10.6. The van der Waals surface area contributed by atoms with Crippen LogP contribution in [0.4, 0.5) is 10.1 Å². The number of hydrogen-bond donors (Lipinski definition) is 3. The van der Waals surface area contributed by atoms with E-state index in [1.165, 1.54) is 12.1 Å². The zero-order valence-corrected chi connectivity index (χ0v) is 17.3. The molecule has 3 N–H and O–H groups in total. The van der Waals surface area contributed by atoms with E-state index in [4.69, 9.17) is 0 Å². The van der Waals surface area contributed by atoms with Crippen LogP contribution in [-0.4, -0.2) is 45.0 Å². The van der Waals surface area contributed by atoms with Crippen LogP contribution in [0, 0.1) is 5.82 Å². The number of rotatable bonds is 4. The maximum atomic E-state index is 13.8. The summed E-state index contributed by atoms with van der Waals surface area (Å²) < 4.78 is 13.8. The van der Waals surface area contributed by atoms with Crippen LogP contribution >= 0.6 is 0 Å². The Bertz CT molecular complexity index is 1290. The lowest BCUT2D eigenvalue weighted by Gasteiger charge is -2.31. The quantitative estimate of drug-likeness (QED) is 0.450. The summed E-state index contributed by atoms with van der Waals surface area (Å²) >= 11 is 0. The van der Waals surface area contributed by atoms with Crippen molar-refractivity contribution in [3.8, 4) is 0 Å². The van der Waals surface area contributed by atoms with Gasteiger partial charge in [0.05, 0.1) is 5.69 Å². The molecule has 2 aromatic carbocycles. The highest BCUT2D eigenvalue weighted by atomic mass is 19.1. The van der Waals surface area contributed by atoms with Gasteiger partial charge in [0.25, 0.3) is 11.8 Å². The van der Waals surface area contributed by atoms with Gasteiger partial charge in [-0.1, -0.05) is 12.1 Å². The van der Waals surface area contributed by atoms with Gasteiger partial charge in [-0.2, -0.15) is 5.10 Å². The second-order valence-electron chi connectivity index (χ2n) is 7.99. The van der Waals surface area contributed by atoms with E-state index in [1.807, 2.05) is 35.4 Å². The normalized spacial score (nSPS) is 14.6. The molecule has 1 aliphatic rings. The molecule has 0 atom stereocenters. The van der Waals surface area contributed by atoms with Crippen molar-refractivity contribution in [2.24, 2.45) is 0 Å². The highest BCUT2D eigenvalue weighted by Gasteiger charge is 2.26. The van der Waals surface area contributed by atoms with Gasteiger partial charge >= 0.3 is 0 Å². The maximum absolute atomic E-state index is 13.8. The Morgan fingerprint density at radius 1 is 1.06 bits per heavy atom. The molecule has 2 aromatic heterocycles. The first kappa shape index (κ1) is 20.0. The molecule has 3 heterocycles. The number of halogens is 1. The van der Waals surface area contributed by atoms with Crippen molar-refractivity contribution in [2.75, 3.05) is 18.4 Å². The number of amides is 2. The van der Waals surface area contributed by atoms with Crippen molar-refractivity contribution >= 4 is 28.4 Å². The van der Waals surface area contributed by atoms with Crippen molar-refractivity contribution in [3.63, 3.8) is 0 Å². The predicted molar refractivity (Wildman–Crippen MR) is 119 cm³/mol. The lowest BCUT2D eigenvalue weighted by atomic mass is 9.93. The summed E-state index contributed by atoms with van der Waals surface area (Å²) in [5.74, 6) is -0.760. The number of nitrogens with one attached hydrogen (secondary N) is 3. The van der Waals surface area contributed by atoms with Crippen LogP contribution in [0.5, 0.6) is 0 Å². The Labute approximate surface area is 183 Å². The molecule has 0 bridgehead atoms. The van der Waals surface area contributed by atoms with E-state index >= 15 is 0 Å². The van der Waals surface area contributed by atoms with E-state index in [1.54, 1.807) is 18.2 Å². The van der Waals surface area contributed by atoms with E-state index in [0.29, 0.717) is 18.7 Å². The van der Waals surface area contributed by atoms with Gasteiger partial charge in [-0.3, -0.25) is 14.7 Å². The Morgan fingerprint density at radius 3 is 2.69 bits per heavy atom. The second kappa shape index (κ2) is 8.30. The van der Waals surface area contributed by atoms with Crippen LogP contribution in [-0.2, 0) is 0 Å². The molecule has 0 radical (unpaired) electrons.